The summed E-state index contributed by atoms with van der Waals surface area (Å²) in [6.07, 6.45) is 5.22. The molecule has 4 heteroatoms. The molecule has 0 unspecified atom stereocenters. The number of benzene rings is 2. The highest BCUT2D eigenvalue weighted by Gasteiger charge is 2.31. The summed E-state index contributed by atoms with van der Waals surface area (Å²) in [6.45, 7) is 15.5. The molecule has 0 aliphatic heterocycles. The van der Waals surface area contributed by atoms with Gasteiger partial charge in [0, 0.05) is 17.4 Å². The average molecular weight is 507 g/mol. The molecule has 37 heavy (non-hydrogen) atoms. The van der Waals surface area contributed by atoms with Crippen LogP contribution < -0.4 is 4.74 Å². The number of aliphatic hydroxyl groups is 1. The molecule has 0 aliphatic rings. The Kier molecular flexibility index (Phi) is 11.7. The van der Waals surface area contributed by atoms with Crippen LogP contribution >= 0.6 is 0 Å². The van der Waals surface area contributed by atoms with Crippen LogP contribution in [0.1, 0.15) is 107 Å². The van der Waals surface area contributed by atoms with Crippen LogP contribution in [0.2, 0.25) is 0 Å². The van der Waals surface area contributed by atoms with Crippen molar-refractivity contribution in [2.75, 3.05) is 13.2 Å². The van der Waals surface area contributed by atoms with Crippen molar-refractivity contribution in [2.24, 2.45) is 0 Å². The Balaban J connectivity index is 2.22. The average Bonchev–Trinajstić information content (AvgIpc) is 2.90. The number of rotatable bonds is 13. The van der Waals surface area contributed by atoms with E-state index in [0.717, 1.165) is 48.1 Å². The Morgan fingerprint density at radius 1 is 0.865 bits per heavy atom. The van der Waals surface area contributed by atoms with Crippen LogP contribution in [0.5, 0.6) is 5.75 Å². The van der Waals surface area contributed by atoms with Crippen molar-refractivity contribution in [3.8, 4) is 17.6 Å². The molecule has 0 radical (unpaired) electrons. The van der Waals surface area contributed by atoms with Gasteiger partial charge in [-0.2, -0.15) is 0 Å². The van der Waals surface area contributed by atoms with Crippen molar-refractivity contribution in [1.82, 2.24) is 0 Å². The molecule has 0 heterocycles. The maximum Gasteiger partial charge on any atom is 0.305 e. The second-order valence-corrected chi connectivity index (χ2v) is 9.90. The number of unbranched alkanes of at least 4 members (excludes halogenated alkanes) is 1. The van der Waals surface area contributed by atoms with Gasteiger partial charge in [-0.25, -0.2) is 0 Å². The van der Waals surface area contributed by atoms with Crippen LogP contribution in [0.25, 0.3) is 0 Å². The van der Waals surface area contributed by atoms with E-state index in [1.807, 2.05) is 20.8 Å². The van der Waals surface area contributed by atoms with E-state index in [0.29, 0.717) is 32.5 Å². The molecule has 0 aliphatic carbocycles. The van der Waals surface area contributed by atoms with E-state index in [4.69, 9.17) is 9.47 Å². The number of hydrogen-bond acceptors (Lipinski definition) is 4. The van der Waals surface area contributed by atoms with E-state index in [-0.39, 0.29) is 11.4 Å². The van der Waals surface area contributed by atoms with Gasteiger partial charge < -0.3 is 14.6 Å². The molecule has 2 aromatic rings. The molecule has 2 rings (SSSR count). The minimum Gasteiger partial charge on any atom is -0.493 e. The summed E-state index contributed by atoms with van der Waals surface area (Å²) in [5, 5.41) is 10.6. The second kappa shape index (κ2) is 14.2. The van der Waals surface area contributed by atoms with Crippen molar-refractivity contribution in [3.63, 3.8) is 0 Å². The third kappa shape index (κ3) is 7.86. The van der Waals surface area contributed by atoms with Gasteiger partial charge in [-0.05, 0) is 93.7 Å². The first-order chi connectivity index (χ1) is 17.7. The highest BCUT2D eigenvalue weighted by molar-refractivity contribution is 5.69. The van der Waals surface area contributed by atoms with Crippen LogP contribution in [-0.2, 0) is 14.9 Å². The fourth-order valence-corrected chi connectivity index (χ4v) is 4.84. The number of ether oxygens (including phenoxy) is 2. The molecule has 0 bridgehead atoms. The molecule has 2 aromatic carbocycles. The first-order valence-electron chi connectivity index (χ1n) is 13.9. The van der Waals surface area contributed by atoms with Crippen molar-refractivity contribution in [3.05, 3.63) is 64.2 Å². The molecule has 0 spiro atoms. The Hall–Kier alpha value is -2.77. The first kappa shape index (κ1) is 30.5. The van der Waals surface area contributed by atoms with E-state index in [9.17, 15) is 9.90 Å². The Morgan fingerprint density at radius 3 is 2.03 bits per heavy atom. The highest BCUT2D eigenvalue weighted by Crippen LogP contribution is 2.41. The molecule has 4 nitrogen and oxygen atoms in total. The van der Waals surface area contributed by atoms with Crippen LogP contribution in [-0.4, -0.2) is 29.9 Å². The van der Waals surface area contributed by atoms with Crippen molar-refractivity contribution in [2.45, 2.75) is 104 Å². The van der Waals surface area contributed by atoms with Gasteiger partial charge in [-0.3, -0.25) is 4.79 Å². The molecule has 0 fully saturated rings. The predicted molar refractivity (Wildman–Crippen MR) is 152 cm³/mol. The zero-order chi connectivity index (χ0) is 27.5. The van der Waals surface area contributed by atoms with Gasteiger partial charge >= 0.3 is 5.97 Å². The van der Waals surface area contributed by atoms with Gasteiger partial charge in [-0.1, -0.05) is 63.8 Å². The van der Waals surface area contributed by atoms with E-state index < -0.39 is 5.60 Å². The number of carbonyl (C=O) groups excluding carboxylic acids is 1. The summed E-state index contributed by atoms with van der Waals surface area (Å²) < 4.78 is 11.0. The van der Waals surface area contributed by atoms with Gasteiger partial charge in [0.1, 0.15) is 11.4 Å². The zero-order valence-electron chi connectivity index (χ0n) is 24.0. The van der Waals surface area contributed by atoms with E-state index >= 15 is 0 Å². The standard InChI is InChI=1S/C33H46O4/c1-8-32(35,9-2)21-20-27-16-17-28(23-25(27)6)33(10-3,11-4)29-18-19-30(26(7)24-29)37-22-14-13-15-31(34)36-12-5/h16-19,23-24,35H,8-15,22H2,1-7H3. The highest BCUT2D eigenvalue weighted by atomic mass is 16.5. The third-order valence-electron chi connectivity index (χ3n) is 7.65. The van der Waals surface area contributed by atoms with E-state index in [1.165, 1.54) is 11.1 Å². The molecule has 202 valence electrons. The summed E-state index contributed by atoms with van der Waals surface area (Å²) >= 11 is 0. The SMILES string of the molecule is CCOC(=O)CCCCOc1ccc(C(CC)(CC)c2ccc(C#CC(O)(CC)CC)c(C)c2)cc1C. The maximum absolute atomic E-state index is 11.5. The zero-order valence-corrected chi connectivity index (χ0v) is 24.0. The van der Waals surface area contributed by atoms with Gasteiger partial charge in [-0.15, -0.1) is 0 Å². The monoisotopic (exact) mass is 506 g/mol. The molecular formula is C33H46O4. The quantitative estimate of drug-likeness (QED) is 0.174. The summed E-state index contributed by atoms with van der Waals surface area (Å²) in [5.74, 6) is 7.06. The number of carbonyl (C=O) groups is 1. The largest absolute Gasteiger partial charge is 0.493 e. The topological polar surface area (TPSA) is 55.8 Å². The minimum absolute atomic E-state index is 0.104. The molecule has 0 aromatic heterocycles. The maximum atomic E-state index is 11.5. The molecule has 0 atom stereocenters. The fraction of sp³-hybridized carbons (Fsp3) is 0.545. The molecule has 0 saturated heterocycles. The second-order valence-electron chi connectivity index (χ2n) is 9.90. The Labute approximate surface area is 224 Å². The third-order valence-corrected chi connectivity index (χ3v) is 7.65. The van der Waals surface area contributed by atoms with Gasteiger partial charge in [0.2, 0.25) is 0 Å². The van der Waals surface area contributed by atoms with Gasteiger partial charge in [0.05, 0.1) is 13.2 Å². The van der Waals surface area contributed by atoms with Crippen LogP contribution in [0.4, 0.5) is 0 Å². The molecular weight excluding hydrogens is 460 g/mol. The molecule has 0 saturated carbocycles. The van der Waals surface area contributed by atoms with Crippen LogP contribution in [0.15, 0.2) is 36.4 Å². The van der Waals surface area contributed by atoms with Gasteiger partial charge in [0.15, 0.2) is 0 Å². The smallest absolute Gasteiger partial charge is 0.305 e. The van der Waals surface area contributed by atoms with Crippen molar-refractivity contribution >= 4 is 5.97 Å². The summed E-state index contributed by atoms with van der Waals surface area (Å²) in [5.41, 5.74) is 4.75. The van der Waals surface area contributed by atoms with Crippen LogP contribution in [0.3, 0.4) is 0 Å². The Morgan fingerprint density at radius 2 is 1.49 bits per heavy atom. The van der Waals surface area contributed by atoms with E-state index in [1.54, 1.807) is 0 Å². The first-order valence-corrected chi connectivity index (χ1v) is 13.9. The van der Waals surface area contributed by atoms with Crippen molar-refractivity contribution in [1.29, 1.82) is 0 Å². The van der Waals surface area contributed by atoms with E-state index in [2.05, 4.69) is 75.9 Å². The lowest BCUT2D eigenvalue weighted by Crippen LogP contribution is -2.26. The number of esters is 1. The summed E-state index contributed by atoms with van der Waals surface area (Å²) in [6, 6.07) is 13.1. The summed E-state index contributed by atoms with van der Waals surface area (Å²) in [7, 11) is 0. The predicted octanol–water partition coefficient (Wildman–Crippen LogP) is 7.42. The lowest BCUT2D eigenvalue weighted by Gasteiger charge is -2.34. The lowest BCUT2D eigenvalue weighted by molar-refractivity contribution is -0.143. The van der Waals surface area contributed by atoms with Crippen LogP contribution in [0, 0.1) is 25.7 Å². The molecule has 1 N–H and O–H groups in total. The van der Waals surface area contributed by atoms with Gasteiger partial charge in [0.25, 0.3) is 0 Å². The van der Waals surface area contributed by atoms with Crippen molar-refractivity contribution < 1.29 is 19.4 Å². The Bertz CT molecular complexity index is 1080. The normalized spacial score (nSPS) is 11.6. The number of aryl methyl sites for hydroxylation is 2. The number of hydrogen-bond donors (Lipinski definition) is 1. The fourth-order valence-electron chi connectivity index (χ4n) is 4.84. The minimum atomic E-state index is -0.927. The lowest BCUT2D eigenvalue weighted by atomic mass is 9.70. The summed E-state index contributed by atoms with van der Waals surface area (Å²) in [4.78, 5) is 11.5. The molecule has 0 amide bonds.